The Balaban J connectivity index is 1.38. The van der Waals surface area contributed by atoms with Crippen LogP contribution in [0.4, 0.5) is 0 Å². The standard InChI is InChI=1S/C18H33N3O2/c1-15(18(22)19-14-17-8-5-13-23-17)20-9-11-21(12-10-20)16-6-3-2-4-7-16/h15-17H,2-14H2,1H3,(H,19,22)/t15-,17+/m1/s1. The average Bonchev–Trinajstić information content (AvgIpc) is 3.13. The molecule has 3 aliphatic rings. The summed E-state index contributed by atoms with van der Waals surface area (Å²) in [4.78, 5) is 17.4. The van der Waals surface area contributed by atoms with Crippen LogP contribution in [0.5, 0.6) is 0 Å². The molecule has 1 N–H and O–H groups in total. The maximum atomic E-state index is 12.4. The van der Waals surface area contributed by atoms with E-state index >= 15 is 0 Å². The summed E-state index contributed by atoms with van der Waals surface area (Å²) in [5, 5.41) is 3.08. The highest BCUT2D eigenvalue weighted by Gasteiger charge is 2.29. The minimum atomic E-state index is -0.0232. The SMILES string of the molecule is C[C@H](C(=O)NC[C@@H]1CCCO1)N1CCN(C2CCCCC2)CC1. The molecule has 3 fully saturated rings. The van der Waals surface area contributed by atoms with Crippen LogP contribution >= 0.6 is 0 Å². The number of piperazine rings is 1. The molecular weight excluding hydrogens is 290 g/mol. The summed E-state index contributed by atoms with van der Waals surface area (Å²) in [6, 6.07) is 0.777. The fraction of sp³-hybridized carbons (Fsp3) is 0.944. The third-order valence-electron chi connectivity index (χ3n) is 5.90. The van der Waals surface area contributed by atoms with Crippen molar-refractivity contribution in [3.05, 3.63) is 0 Å². The second-order valence-corrected chi connectivity index (χ2v) is 7.42. The molecule has 132 valence electrons. The lowest BCUT2D eigenvalue weighted by atomic mass is 9.94. The molecule has 0 spiro atoms. The van der Waals surface area contributed by atoms with Gasteiger partial charge in [0, 0.05) is 45.4 Å². The van der Waals surface area contributed by atoms with Gasteiger partial charge in [-0.15, -0.1) is 0 Å². The topological polar surface area (TPSA) is 44.8 Å². The Morgan fingerprint density at radius 1 is 1.09 bits per heavy atom. The fourth-order valence-corrected chi connectivity index (χ4v) is 4.27. The van der Waals surface area contributed by atoms with Gasteiger partial charge >= 0.3 is 0 Å². The quantitative estimate of drug-likeness (QED) is 0.835. The summed E-state index contributed by atoms with van der Waals surface area (Å²) >= 11 is 0. The number of ether oxygens (including phenoxy) is 1. The summed E-state index contributed by atoms with van der Waals surface area (Å²) in [6.07, 6.45) is 9.38. The highest BCUT2D eigenvalue weighted by Crippen LogP contribution is 2.23. The molecule has 3 rings (SSSR count). The summed E-state index contributed by atoms with van der Waals surface area (Å²) in [6.45, 7) is 7.84. The maximum Gasteiger partial charge on any atom is 0.237 e. The molecule has 2 heterocycles. The Labute approximate surface area is 140 Å². The Kier molecular flexibility index (Phi) is 6.31. The highest BCUT2D eigenvalue weighted by molar-refractivity contribution is 5.81. The monoisotopic (exact) mass is 323 g/mol. The van der Waals surface area contributed by atoms with E-state index in [0.29, 0.717) is 6.54 Å². The van der Waals surface area contributed by atoms with E-state index in [4.69, 9.17) is 4.74 Å². The molecule has 5 nitrogen and oxygen atoms in total. The number of carbonyl (C=O) groups is 1. The summed E-state index contributed by atoms with van der Waals surface area (Å²) in [5.74, 6) is 0.159. The van der Waals surface area contributed by atoms with Crippen molar-refractivity contribution in [2.45, 2.75) is 70.1 Å². The van der Waals surface area contributed by atoms with Crippen LogP contribution in [0.1, 0.15) is 51.9 Å². The smallest absolute Gasteiger partial charge is 0.237 e. The molecule has 0 aromatic heterocycles. The molecule has 23 heavy (non-hydrogen) atoms. The summed E-state index contributed by atoms with van der Waals surface area (Å²) in [7, 11) is 0. The van der Waals surface area contributed by atoms with Gasteiger partial charge in [0.1, 0.15) is 0 Å². The van der Waals surface area contributed by atoms with E-state index in [0.717, 1.165) is 51.7 Å². The lowest BCUT2D eigenvalue weighted by molar-refractivity contribution is -0.127. The molecule has 1 aliphatic carbocycles. The van der Waals surface area contributed by atoms with Crippen molar-refractivity contribution in [2.75, 3.05) is 39.3 Å². The number of hydrogen-bond donors (Lipinski definition) is 1. The number of nitrogens with zero attached hydrogens (tertiary/aromatic N) is 2. The van der Waals surface area contributed by atoms with Crippen LogP contribution < -0.4 is 5.32 Å². The van der Waals surface area contributed by atoms with Crippen LogP contribution in [0.25, 0.3) is 0 Å². The van der Waals surface area contributed by atoms with E-state index in [-0.39, 0.29) is 18.1 Å². The largest absolute Gasteiger partial charge is 0.376 e. The minimum absolute atomic E-state index is 0.0232. The molecule has 5 heteroatoms. The molecule has 1 amide bonds. The van der Waals surface area contributed by atoms with Crippen LogP contribution in [0.15, 0.2) is 0 Å². The zero-order valence-electron chi connectivity index (χ0n) is 14.6. The molecule has 1 saturated carbocycles. The van der Waals surface area contributed by atoms with Crippen LogP contribution in [0.3, 0.4) is 0 Å². The predicted octanol–water partition coefficient (Wildman–Crippen LogP) is 1.62. The number of hydrogen-bond acceptors (Lipinski definition) is 4. The first-order chi connectivity index (χ1) is 11.2. The van der Waals surface area contributed by atoms with Gasteiger partial charge < -0.3 is 10.1 Å². The average molecular weight is 323 g/mol. The molecule has 0 aromatic rings. The maximum absolute atomic E-state index is 12.4. The van der Waals surface area contributed by atoms with Crippen LogP contribution in [0, 0.1) is 0 Å². The molecule has 2 aliphatic heterocycles. The van der Waals surface area contributed by atoms with Crippen molar-refractivity contribution < 1.29 is 9.53 Å². The van der Waals surface area contributed by atoms with E-state index in [2.05, 4.69) is 15.1 Å². The van der Waals surface area contributed by atoms with Gasteiger partial charge in [0.2, 0.25) is 5.91 Å². The molecule has 0 bridgehead atoms. The molecule has 0 aromatic carbocycles. The van der Waals surface area contributed by atoms with Gasteiger partial charge in [-0.05, 0) is 32.6 Å². The normalized spacial score (nSPS) is 29.5. The minimum Gasteiger partial charge on any atom is -0.376 e. The van der Waals surface area contributed by atoms with Crippen molar-refractivity contribution in [2.24, 2.45) is 0 Å². The lowest BCUT2D eigenvalue weighted by Gasteiger charge is -2.42. The van der Waals surface area contributed by atoms with Crippen molar-refractivity contribution in [3.63, 3.8) is 0 Å². The summed E-state index contributed by atoms with van der Waals surface area (Å²) in [5.41, 5.74) is 0. The van der Waals surface area contributed by atoms with Crippen LogP contribution in [-0.4, -0.2) is 73.2 Å². The van der Waals surface area contributed by atoms with Gasteiger partial charge in [-0.3, -0.25) is 14.6 Å². The van der Waals surface area contributed by atoms with Gasteiger partial charge in [-0.25, -0.2) is 0 Å². The van der Waals surface area contributed by atoms with Crippen LogP contribution in [-0.2, 0) is 9.53 Å². The first kappa shape index (κ1) is 17.2. The Morgan fingerprint density at radius 3 is 2.48 bits per heavy atom. The predicted molar refractivity (Wildman–Crippen MR) is 91.5 cm³/mol. The first-order valence-corrected chi connectivity index (χ1v) is 9.61. The summed E-state index contributed by atoms with van der Waals surface area (Å²) < 4.78 is 5.57. The lowest BCUT2D eigenvalue weighted by Crippen LogP contribution is -2.56. The van der Waals surface area contributed by atoms with E-state index in [1.807, 2.05) is 6.92 Å². The molecule has 0 radical (unpaired) electrons. The van der Waals surface area contributed by atoms with Crippen molar-refractivity contribution >= 4 is 5.91 Å². The molecule has 0 unspecified atom stereocenters. The second kappa shape index (κ2) is 8.45. The molecule has 2 atom stereocenters. The van der Waals surface area contributed by atoms with Gasteiger partial charge in [0.05, 0.1) is 12.1 Å². The molecular formula is C18H33N3O2. The van der Waals surface area contributed by atoms with Gasteiger partial charge in [-0.1, -0.05) is 19.3 Å². The van der Waals surface area contributed by atoms with E-state index in [9.17, 15) is 4.79 Å². The zero-order chi connectivity index (χ0) is 16.1. The second-order valence-electron chi connectivity index (χ2n) is 7.42. The Bertz CT molecular complexity index is 370. The molecule has 2 saturated heterocycles. The number of amides is 1. The van der Waals surface area contributed by atoms with Gasteiger partial charge in [0.15, 0.2) is 0 Å². The first-order valence-electron chi connectivity index (χ1n) is 9.61. The third kappa shape index (κ3) is 4.68. The Hall–Kier alpha value is -0.650. The number of nitrogens with one attached hydrogen (secondary N) is 1. The Morgan fingerprint density at radius 2 is 1.83 bits per heavy atom. The van der Waals surface area contributed by atoms with E-state index in [1.54, 1.807) is 0 Å². The van der Waals surface area contributed by atoms with E-state index < -0.39 is 0 Å². The van der Waals surface area contributed by atoms with Gasteiger partial charge in [0.25, 0.3) is 0 Å². The third-order valence-corrected chi connectivity index (χ3v) is 5.90. The number of carbonyl (C=O) groups excluding carboxylic acids is 1. The van der Waals surface area contributed by atoms with Gasteiger partial charge in [-0.2, -0.15) is 0 Å². The zero-order valence-corrected chi connectivity index (χ0v) is 14.6. The van der Waals surface area contributed by atoms with Crippen LogP contribution in [0.2, 0.25) is 0 Å². The van der Waals surface area contributed by atoms with Crippen molar-refractivity contribution in [1.29, 1.82) is 0 Å². The fourth-order valence-electron chi connectivity index (χ4n) is 4.27. The van der Waals surface area contributed by atoms with Crippen molar-refractivity contribution in [3.8, 4) is 0 Å². The number of rotatable bonds is 5. The van der Waals surface area contributed by atoms with E-state index in [1.165, 1.54) is 32.1 Å². The van der Waals surface area contributed by atoms with Crippen molar-refractivity contribution in [1.82, 2.24) is 15.1 Å². The highest BCUT2D eigenvalue weighted by atomic mass is 16.5.